The van der Waals surface area contributed by atoms with E-state index in [2.05, 4.69) is 20.2 Å². The first-order chi connectivity index (χ1) is 14.5. The summed E-state index contributed by atoms with van der Waals surface area (Å²) in [5, 5.41) is 13.0. The van der Waals surface area contributed by atoms with Gasteiger partial charge in [-0.1, -0.05) is 12.2 Å². The summed E-state index contributed by atoms with van der Waals surface area (Å²) in [6.45, 7) is 3.75. The molecule has 3 aromatic heterocycles. The van der Waals surface area contributed by atoms with E-state index in [0.29, 0.717) is 34.7 Å². The number of hydrogen-bond donors (Lipinski definition) is 3. The Morgan fingerprint density at radius 3 is 2.83 bits per heavy atom. The number of nitrogens with one attached hydrogen (secondary N) is 2. The van der Waals surface area contributed by atoms with E-state index < -0.39 is 5.82 Å². The minimum atomic E-state index is -0.442. The number of aromatic nitrogens is 3. The minimum Gasteiger partial charge on any atom is -0.505 e. The van der Waals surface area contributed by atoms with Crippen molar-refractivity contribution in [1.82, 2.24) is 24.8 Å². The van der Waals surface area contributed by atoms with E-state index in [1.54, 1.807) is 16.7 Å². The molecule has 0 spiro atoms. The molecule has 158 valence electrons. The Balaban J connectivity index is 1.30. The van der Waals surface area contributed by atoms with Gasteiger partial charge < -0.3 is 24.9 Å². The zero-order chi connectivity index (χ0) is 21.1. The first-order valence-electron chi connectivity index (χ1n) is 10.0. The summed E-state index contributed by atoms with van der Waals surface area (Å²) < 4.78 is 15.7. The summed E-state index contributed by atoms with van der Waals surface area (Å²) in [6, 6.07) is 6.65. The number of piperidine rings is 1. The van der Waals surface area contributed by atoms with Gasteiger partial charge in [-0.2, -0.15) is 0 Å². The van der Waals surface area contributed by atoms with Crippen molar-refractivity contribution in [2.45, 2.75) is 32.0 Å². The molecule has 0 aliphatic carbocycles. The Kier molecular flexibility index (Phi) is 6.21. The van der Waals surface area contributed by atoms with Crippen molar-refractivity contribution in [2.24, 2.45) is 0 Å². The molecule has 0 aromatic carbocycles. The van der Waals surface area contributed by atoms with Crippen LogP contribution in [0, 0.1) is 10.3 Å². The van der Waals surface area contributed by atoms with E-state index in [1.165, 1.54) is 24.5 Å². The highest BCUT2D eigenvalue weighted by molar-refractivity contribution is 7.71. The summed E-state index contributed by atoms with van der Waals surface area (Å²) >= 11 is 5.09. The second-order valence-corrected chi connectivity index (χ2v) is 8.03. The van der Waals surface area contributed by atoms with Crippen LogP contribution in [-0.2, 0) is 13.1 Å². The maximum absolute atomic E-state index is 13.6. The number of aromatic amines is 1. The smallest absolute Gasteiger partial charge is 0.251 e. The molecule has 0 bridgehead atoms. The van der Waals surface area contributed by atoms with E-state index in [4.69, 9.17) is 12.2 Å². The molecule has 0 saturated carbocycles. The van der Waals surface area contributed by atoms with E-state index in [1.807, 2.05) is 0 Å². The molecule has 0 radical (unpaired) electrons. The van der Waals surface area contributed by atoms with Crippen molar-refractivity contribution in [3.63, 3.8) is 0 Å². The van der Waals surface area contributed by atoms with Gasteiger partial charge in [-0.15, -0.1) is 0 Å². The summed E-state index contributed by atoms with van der Waals surface area (Å²) in [7, 11) is 0. The van der Waals surface area contributed by atoms with Crippen LogP contribution in [0.25, 0.3) is 11.0 Å². The second-order valence-electron chi connectivity index (χ2n) is 7.59. The van der Waals surface area contributed by atoms with Crippen molar-refractivity contribution < 1.29 is 9.50 Å². The number of hydrogen-bond acceptors (Lipinski definition) is 6. The Bertz CT molecular complexity index is 1150. The van der Waals surface area contributed by atoms with Crippen LogP contribution in [0.5, 0.6) is 5.75 Å². The first-order valence-corrected chi connectivity index (χ1v) is 10.4. The fraction of sp³-hybridized carbons (Fsp3) is 0.381. The number of fused-ring (bicyclic) bond motifs is 1. The molecule has 3 N–H and O–H groups in total. The van der Waals surface area contributed by atoms with Crippen molar-refractivity contribution in [3.8, 4) is 5.75 Å². The normalized spacial score (nSPS) is 15.6. The van der Waals surface area contributed by atoms with Gasteiger partial charge in [0.15, 0.2) is 0 Å². The van der Waals surface area contributed by atoms with Crippen molar-refractivity contribution in [3.05, 3.63) is 63.0 Å². The Hall–Kier alpha value is -2.62. The third kappa shape index (κ3) is 4.75. The number of nitrogens with zero attached hydrogens (tertiary/aromatic N) is 3. The predicted molar refractivity (Wildman–Crippen MR) is 116 cm³/mol. The molecule has 30 heavy (non-hydrogen) atoms. The molecule has 3 aromatic rings. The van der Waals surface area contributed by atoms with Gasteiger partial charge in [0.2, 0.25) is 0 Å². The van der Waals surface area contributed by atoms with E-state index in [9.17, 15) is 14.3 Å². The SMILES string of the molecule is O=c1ccc2ncc(F)cc2n1CCN1CCC(NCc2cc(=S)c(O)c[nH]2)CC1. The summed E-state index contributed by atoms with van der Waals surface area (Å²) in [5.74, 6) is -0.353. The Labute approximate surface area is 178 Å². The Morgan fingerprint density at radius 1 is 1.27 bits per heavy atom. The van der Waals surface area contributed by atoms with Gasteiger partial charge in [0.1, 0.15) is 11.6 Å². The number of H-pyrrole nitrogens is 1. The van der Waals surface area contributed by atoms with Crippen molar-refractivity contribution >= 4 is 23.3 Å². The van der Waals surface area contributed by atoms with Crippen LogP contribution >= 0.6 is 12.2 Å². The quantitative estimate of drug-likeness (QED) is 0.522. The van der Waals surface area contributed by atoms with Gasteiger partial charge in [0.25, 0.3) is 5.56 Å². The topological polar surface area (TPSA) is 86.2 Å². The lowest BCUT2D eigenvalue weighted by atomic mass is 10.0. The first kappa shape index (κ1) is 20.6. The molecule has 0 amide bonds. The van der Waals surface area contributed by atoms with Gasteiger partial charge in [0, 0.05) is 49.7 Å². The van der Waals surface area contributed by atoms with E-state index >= 15 is 0 Å². The number of likely N-dealkylation sites (tertiary alicyclic amines) is 1. The lowest BCUT2D eigenvalue weighted by Crippen LogP contribution is -2.43. The van der Waals surface area contributed by atoms with Crippen molar-refractivity contribution in [1.29, 1.82) is 0 Å². The Morgan fingerprint density at radius 2 is 2.07 bits per heavy atom. The maximum Gasteiger partial charge on any atom is 0.251 e. The summed E-state index contributed by atoms with van der Waals surface area (Å²) in [5.41, 5.74) is 1.95. The number of rotatable bonds is 6. The molecule has 1 aliphatic heterocycles. The highest BCUT2D eigenvalue weighted by Gasteiger charge is 2.19. The monoisotopic (exact) mass is 429 g/mol. The van der Waals surface area contributed by atoms with E-state index in [-0.39, 0.29) is 11.3 Å². The molecule has 0 unspecified atom stereocenters. The molecular weight excluding hydrogens is 405 g/mol. The lowest BCUT2D eigenvalue weighted by Gasteiger charge is -2.32. The zero-order valence-electron chi connectivity index (χ0n) is 16.5. The van der Waals surface area contributed by atoms with Crippen LogP contribution < -0.4 is 10.9 Å². The molecule has 4 rings (SSSR count). The van der Waals surface area contributed by atoms with Gasteiger partial charge in [-0.25, -0.2) is 4.39 Å². The fourth-order valence-electron chi connectivity index (χ4n) is 3.84. The third-order valence-electron chi connectivity index (χ3n) is 5.57. The number of halogens is 1. The predicted octanol–water partition coefficient (Wildman–Crippen LogP) is 2.55. The minimum absolute atomic E-state index is 0.0888. The third-order valence-corrected chi connectivity index (χ3v) is 5.89. The lowest BCUT2D eigenvalue weighted by molar-refractivity contribution is 0.191. The van der Waals surface area contributed by atoms with Gasteiger partial charge in [0.05, 0.1) is 21.7 Å². The van der Waals surface area contributed by atoms with Gasteiger partial charge in [-0.3, -0.25) is 9.78 Å². The number of pyridine rings is 3. The molecule has 9 heteroatoms. The van der Waals surface area contributed by atoms with Gasteiger partial charge in [-0.05, 0) is 38.1 Å². The molecule has 4 heterocycles. The van der Waals surface area contributed by atoms with Gasteiger partial charge >= 0.3 is 0 Å². The standard InChI is InChI=1S/C21H24FN5O2S/c22-14-9-18-17(25-11-14)1-2-21(29)27(18)8-7-26-5-3-15(4-6-26)23-12-16-10-20(30)19(28)13-24-16/h1-2,9-11,13,15,23,28H,3-8,12H2,(H,24,30). The molecule has 1 fully saturated rings. The van der Waals surface area contributed by atoms with Crippen LogP contribution in [0.2, 0.25) is 0 Å². The fourth-order valence-corrected chi connectivity index (χ4v) is 4.04. The maximum atomic E-state index is 13.6. The number of aromatic hydroxyl groups is 1. The second kappa shape index (κ2) is 9.03. The van der Waals surface area contributed by atoms with Crippen LogP contribution in [0.4, 0.5) is 4.39 Å². The average Bonchev–Trinajstić information content (AvgIpc) is 2.74. The van der Waals surface area contributed by atoms with Crippen LogP contribution in [0.1, 0.15) is 18.5 Å². The highest BCUT2D eigenvalue weighted by Crippen LogP contribution is 2.14. The molecule has 7 nitrogen and oxygen atoms in total. The average molecular weight is 430 g/mol. The molecule has 1 aliphatic rings. The molecule has 1 saturated heterocycles. The molecule has 0 atom stereocenters. The van der Waals surface area contributed by atoms with Crippen LogP contribution in [0.15, 0.2) is 41.5 Å². The van der Waals surface area contributed by atoms with Crippen LogP contribution in [-0.4, -0.2) is 50.2 Å². The zero-order valence-corrected chi connectivity index (χ0v) is 17.3. The highest BCUT2D eigenvalue weighted by atomic mass is 32.1. The van der Waals surface area contributed by atoms with Crippen molar-refractivity contribution in [2.75, 3.05) is 19.6 Å². The van der Waals surface area contributed by atoms with E-state index in [0.717, 1.165) is 38.2 Å². The largest absolute Gasteiger partial charge is 0.505 e. The van der Waals surface area contributed by atoms with Crippen LogP contribution in [0.3, 0.4) is 0 Å². The summed E-state index contributed by atoms with van der Waals surface area (Å²) in [4.78, 5) is 21.7. The molecular formula is C21H24FN5O2S. The summed E-state index contributed by atoms with van der Waals surface area (Å²) in [6.07, 6.45) is 4.68.